The number of hydrogen-bond acceptors (Lipinski definition) is 3. The van der Waals surface area contributed by atoms with Crippen LogP contribution in [0, 0.1) is 0 Å². The van der Waals surface area contributed by atoms with E-state index in [-0.39, 0.29) is 11.9 Å². The summed E-state index contributed by atoms with van der Waals surface area (Å²) in [6.45, 7) is 4.56. The van der Waals surface area contributed by atoms with Crippen molar-refractivity contribution in [1.82, 2.24) is 9.62 Å². The summed E-state index contributed by atoms with van der Waals surface area (Å²) in [5.74, 6) is 0.0292. The highest BCUT2D eigenvalue weighted by Gasteiger charge is 2.23. The summed E-state index contributed by atoms with van der Waals surface area (Å²) in [5.41, 5.74) is 3.50. The molecule has 6 heteroatoms. The molecule has 0 saturated carbocycles. The molecule has 0 aromatic heterocycles. The third kappa shape index (κ3) is 4.45. The van der Waals surface area contributed by atoms with Gasteiger partial charge in [-0.05, 0) is 48.1 Å². The lowest BCUT2D eigenvalue weighted by molar-refractivity contribution is -0.121. The summed E-state index contributed by atoms with van der Waals surface area (Å²) >= 11 is 0. The fourth-order valence-corrected chi connectivity index (χ4v) is 5.23. The molecule has 1 amide bonds. The van der Waals surface area contributed by atoms with Crippen molar-refractivity contribution in [2.45, 2.75) is 50.5 Å². The Bertz CT molecular complexity index is 919. The molecule has 28 heavy (non-hydrogen) atoms. The van der Waals surface area contributed by atoms with Gasteiger partial charge < -0.3 is 5.32 Å². The third-order valence-electron chi connectivity index (χ3n) is 5.38. The lowest BCUT2D eigenvalue weighted by atomic mass is 10.1. The third-order valence-corrected chi connectivity index (χ3v) is 7.44. The minimum absolute atomic E-state index is 0.0292. The molecule has 0 bridgehead atoms. The van der Waals surface area contributed by atoms with Crippen LogP contribution >= 0.6 is 0 Å². The smallest absolute Gasteiger partial charge is 0.243 e. The lowest BCUT2D eigenvalue weighted by Gasteiger charge is -2.18. The lowest BCUT2D eigenvalue weighted by Crippen LogP contribution is -2.30. The van der Waals surface area contributed by atoms with Crippen LogP contribution in [0.4, 0.5) is 0 Å². The van der Waals surface area contributed by atoms with Crippen LogP contribution in [0.2, 0.25) is 0 Å². The van der Waals surface area contributed by atoms with Crippen molar-refractivity contribution >= 4 is 15.9 Å². The molecule has 1 atom stereocenters. The topological polar surface area (TPSA) is 66.5 Å². The fourth-order valence-electron chi connectivity index (χ4n) is 3.77. The molecular weight excluding hydrogens is 372 g/mol. The first-order chi connectivity index (χ1) is 13.5. The summed E-state index contributed by atoms with van der Waals surface area (Å²) in [5, 5.41) is 3.13. The zero-order valence-corrected chi connectivity index (χ0v) is 17.3. The van der Waals surface area contributed by atoms with Crippen molar-refractivity contribution in [2.24, 2.45) is 0 Å². The molecule has 1 N–H and O–H groups in total. The Morgan fingerprint density at radius 1 is 1.07 bits per heavy atom. The van der Waals surface area contributed by atoms with E-state index < -0.39 is 10.0 Å². The van der Waals surface area contributed by atoms with Crippen molar-refractivity contribution in [3.63, 3.8) is 0 Å². The zero-order valence-electron chi connectivity index (χ0n) is 16.5. The highest BCUT2D eigenvalue weighted by Crippen LogP contribution is 2.30. The van der Waals surface area contributed by atoms with Crippen LogP contribution in [0.3, 0.4) is 0 Å². The molecule has 1 aliphatic rings. The molecule has 1 unspecified atom stereocenters. The molecule has 3 rings (SSSR count). The summed E-state index contributed by atoms with van der Waals surface area (Å²) < 4.78 is 26.5. The van der Waals surface area contributed by atoms with E-state index in [2.05, 4.69) is 17.4 Å². The van der Waals surface area contributed by atoms with Crippen LogP contribution in [0.5, 0.6) is 0 Å². The standard InChI is InChI=1S/C22H28N2O3S/c1-3-24(4-2)28(26,27)19-13-9-17(10-14-19)11-16-22(25)23-21-15-12-18-7-5-6-8-20(18)21/h5-10,13-14,21H,3-4,11-12,15-16H2,1-2H3,(H,23,25). The average Bonchev–Trinajstić information content (AvgIpc) is 3.10. The van der Waals surface area contributed by atoms with Gasteiger partial charge in [-0.3, -0.25) is 4.79 Å². The van der Waals surface area contributed by atoms with Gasteiger partial charge in [0.2, 0.25) is 15.9 Å². The van der Waals surface area contributed by atoms with E-state index in [1.54, 1.807) is 24.3 Å². The monoisotopic (exact) mass is 400 g/mol. The maximum Gasteiger partial charge on any atom is 0.243 e. The van der Waals surface area contributed by atoms with Crippen molar-refractivity contribution in [2.75, 3.05) is 13.1 Å². The van der Waals surface area contributed by atoms with E-state index >= 15 is 0 Å². The second-order valence-corrected chi connectivity index (χ2v) is 9.03. The van der Waals surface area contributed by atoms with Gasteiger partial charge in [0, 0.05) is 19.5 Å². The normalized spacial score (nSPS) is 16.2. The Kier molecular flexibility index (Phi) is 6.52. The first kappa shape index (κ1) is 20.6. The van der Waals surface area contributed by atoms with E-state index in [1.165, 1.54) is 15.4 Å². The molecule has 0 heterocycles. The SMILES string of the molecule is CCN(CC)S(=O)(=O)c1ccc(CCC(=O)NC2CCc3ccccc32)cc1. The minimum Gasteiger partial charge on any atom is -0.349 e. The average molecular weight is 401 g/mol. The van der Waals surface area contributed by atoms with Gasteiger partial charge in [0.1, 0.15) is 0 Å². The molecule has 1 aliphatic carbocycles. The predicted octanol–water partition coefficient (Wildman–Crippen LogP) is 3.45. The molecule has 150 valence electrons. The number of amides is 1. The van der Waals surface area contributed by atoms with Crippen molar-refractivity contribution in [3.8, 4) is 0 Å². The highest BCUT2D eigenvalue weighted by molar-refractivity contribution is 7.89. The van der Waals surface area contributed by atoms with Gasteiger partial charge in [0.15, 0.2) is 0 Å². The number of carbonyl (C=O) groups is 1. The second-order valence-electron chi connectivity index (χ2n) is 7.09. The molecule has 0 aliphatic heterocycles. The van der Waals surface area contributed by atoms with Crippen molar-refractivity contribution in [3.05, 3.63) is 65.2 Å². The summed E-state index contributed by atoms with van der Waals surface area (Å²) in [6.07, 6.45) is 2.93. The number of nitrogens with zero attached hydrogens (tertiary/aromatic N) is 1. The molecule has 5 nitrogen and oxygen atoms in total. The molecule has 2 aromatic rings. The maximum absolute atomic E-state index is 12.5. The van der Waals surface area contributed by atoms with Crippen LogP contribution in [-0.2, 0) is 27.7 Å². The number of carbonyl (C=O) groups excluding carboxylic acids is 1. The quantitative estimate of drug-likeness (QED) is 0.738. The Morgan fingerprint density at radius 2 is 1.75 bits per heavy atom. The van der Waals surface area contributed by atoms with E-state index in [0.29, 0.717) is 30.8 Å². The zero-order chi connectivity index (χ0) is 20.1. The number of sulfonamides is 1. The Hall–Kier alpha value is -2.18. The Labute approximate surface area is 167 Å². The van der Waals surface area contributed by atoms with Crippen LogP contribution < -0.4 is 5.32 Å². The summed E-state index contributed by atoms with van der Waals surface area (Å²) in [4.78, 5) is 12.7. The summed E-state index contributed by atoms with van der Waals surface area (Å²) in [7, 11) is -3.44. The van der Waals surface area contributed by atoms with Crippen molar-refractivity contribution < 1.29 is 13.2 Å². The summed E-state index contributed by atoms with van der Waals surface area (Å²) in [6, 6.07) is 15.2. The molecule has 2 aromatic carbocycles. The first-order valence-electron chi connectivity index (χ1n) is 9.92. The molecule has 0 spiro atoms. The van der Waals surface area contributed by atoms with Gasteiger partial charge in [-0.2, -0.15) is 4.31 Å². The van der Waals surface area contributed by atoms with Crippen LogP contribution in [0.15, 0.2) is 53.4 Å². The van der Waals surface area contributed by atoms with Crippen LogP contribution in [-0.4, -0.2) is 31.7 Å². The van der Waals surface area contributed by atoms with Crippen molar-refractivity contribution in [1.29, 1.82) is 0 Å². The maximum atomic E-state index is 12.5. The van der Waals surface area contributed by atoms with E-state index in [1.807, 2.05) is 26.0 Å². The van der Waals surface area contributed by atoms with E-state index in [0.717, 1.165) is 18.4 Å². The van der Waals surface area contributed by atoms with E-state index in [9.17, 15) is 13.2 Å². The second kappa shape index (κ2) is 8.88. The number of benzene rings is 2. The molecule has 0 saturated heterocycles. The Balaban J connectivity index is 1.56. The number of rotatable bonds is 8. The first-order valence-corrected chi connectivity index (χ1v) is 11.4. The minimum atomic E-state index is -3.44. The number of nitrogens with one attached hydrogen (secondary N) is 1. The molecule has 0 fully saturated rings. The number of fused-ring (bicyclic) bond motifs is 1. The van der Waals surface area contributed by atoms with Gasteiger partial charge in [-0.1, -0.05) is 50.2 Å². The van der Waals surface area contributed by atoms with Gasteiger partial charge in [0.05, 0.1) is 10.9 Å². The van der Waals surface area contributed by atoms with Gasteiger partial charge in [-0.15, -0.1) is 0 Å². The van der Waals surface area contributed by atoms with Crippen LogP contribution in [0.1, 0.15) is 49.4 Å². The fraction of sp³-hybridized carbons (Fsp3) is 0.409. The number of hydrogen-bond donors (Lipinski definition) is 1. The molecular formula is C22H28N2O3S. The Morgan fingerprint density at radius 3 is 2.43 bits per heavy atom. The van der Waals surface area contributed by atoms with Gasteiger partial charge in [0.25, 0.3) is 0 Å². The predicted molar refractivity (Wildman–Crippen MR) is 111 cm³/mol. The highest BCUT2D eigenvalue weighted by atomic mass is 32.2. The number of aryl methyl sites for hydroxylation is 2. The largest absolute Gasteiger partial charge is 0.349 e. The van der Waals surface area contributed by atoms with Crippen LogP contribution in [0.25, 0.3) is 0 Å². The molecule has 0 radical (unpaired) electrons. The van der Waals surface area contributed by atoms with E-state index in [4.69, 9.17) is 0 Å². The van der Waals surface area contributed by atoms with Gasteiger partial charge >= 0.3 is 0 Å². The van der Waals surface area contributed by atoms with Gasteiger partial charge in [-0.25, -0.2) is 8.42 Å².